The second kappa shape index (κ2) is 7.17. The van der Waals surface area contributed by atoms with Crippen LogP contribution in [-0.4, -0.2) is 35.7 Å². The van der Waals surface area contributed by atoms with E-state index >= 15 is 0 Å². The summed E-state index contributed by atoms with van der Waals surface area (Å²) in [4.78, 5) is 26.3. The van der Waals surface area contributed by atoms with Crippen LogP contribution in [0.5, 0.6) is 0 Å². The Hall–Kier alpha value is -2.50. The van der Waals surface area contributed by atoms with Gasteiger partial charge in [0.05, 0.1) is 6.54 Å². The van der Waals surface area contributed by atoms with Gasteiger partial charge in [0.25, 0.3) is 0 Å². The topological polar surface area (TPSA) is 83.2 Å². The molecule has 2 rings (SSSR count). The fourth-order valence-corrected chi connectivity index (χ4v) is 2.13. The minimum Gasteiger partial charge on any atom is -0.444 e. The maximum Gasteiger partial charge on any atom is 0.408 e. The minimum absolute atomic E-state index is 0.0927. The molecule has 0 atom stereocenters. The molecule has 1 aromatic heterocycles. The number of hydrogen-bond donors (Lipinski definition) is 3. The maximum absolute atomic E-state index is 11.7. The normalized spacial score (nSPS) is 11.3. The Morgan fingerprint density at radius 2 is 1.96 bits per heavy atom. The number of carbonyl (C=O) groups is 2. The monoisotopic (exact) mass is 317 g/mol. The molecule has 0 aliphatic heterocycles. The molecule has 2 aromatic rings. The van der Waals surface area contributed by atoms with Gasteiger partial charge in [0.2, 0.25) is 5.91 Å². The largest absolute Gasteiger partial charge is 0.444 e. The quantitative estimate of drug-likeness (QED) is 0.791. The van der Waals surface area contributed by atoms with E-state index in [0.29, 0.717) is 6.54 Å². The third kappa shape index (κ3) is 5.65. The molecular weight excluding hydrogens is 294 g/mol. The van der Waals surface area contributed by atoms with Crippen molar-refractivity contribution in [2.45, 2.75) is 32.8 Å². The highest BCUT2D eigenvalue weighted by Gasteiger charge is 2.16. The van der Waals surface area contributed by atoms with Crippen molar-refractivity contribution in [1.29, 1.82) is 0 Å². The molecule has 6 heteroatoms. The van der Waals surface area contributed by atoms with Gasteiger partial charge in [-0.25, -0.2) is 4.79 Å². The van der Waals surface area contributed by atoms with Crippen molar-refractivity contribution in [2.24, 2.45) is 0 Å². The van der Waals surface area contributed by atoms with Gasteiger partial charge in [-0.3, -0.25) is 4.79 Å². The van der Waals surface area contributed by atoms with E-state index < -0.39 is 11.7 Å². The van der Waals surface area contributed by atoms with Crippen LogP contribution in [0.15, 0.2) is 30.5 Å². The molecule has 124 valence electrons. The lowest BCUT2D eigenvalue weighted by Gasteiger charge is -2.19. The van der Waals surface area contributed by atoms with Crippen LogP contribution < -0.4 is 10.6 Å². The molecular formula is C17H23N3O3. The highest BCUT2D eigenvalue weighted by molar-refractivity contribution is 5.82. The van der Waals surface area contributed by atoms with Crippen LogP contribution in [0.3, 0.4) is 0 Å². The number of nitrogens with one attached hydrogen (secondary N) is 3. The maximum atomic E-state index is 11.7. The molecule has 1 heterocycles. The number of H-pyrrole nitrogens is 1. The molecule has 0 spiro atoms. The molecule has 0 unspecified atom stereocenters. The van der Waals surface area contributed by atoms with E-state index in [1.54, 1.807) is 20.8 Å². The fourth-order valence-electron chi connectivity index (χ4n) is 2.13. The Morgan fingerprint density at radius 3 is 2.70 bits per heavy atom. The van der Waals surface area contributed by atoms with Crippen molar-refractivity contribution in [3.63, 3.8) is 0 Å². The van der Waals surface area contributed by atoms with Crippen LogP contribution >= 0.6 is 0 Å². The van der Waals surface area contributed by atoms with Gasteiger partial charge < -0.3 is 20.4 Å². The summed E-state index contributed by atoms with van der Waals surface area (Å²) in [5, 5.41) is 6.37. The second-order valence-corrected chi connectivity index (χ2v) is 6.35. The van der Waals surface area contributed by atoms with Crippen molar-refractivity contribution in [2.75, 3.05) is 13.1 Å². The summed E-state index contributed by atoms with van der Waals surface area (Å²) in [6.07, 6.45) is 2.04. The van der Waals surface area contributed by atoms with Crippen LogP contribution in [0.4, 0.5) is 4.79 Å². The van der Waals surface area contributed by atoms with Crippen LogP contribution in [0.2, 0.25) is 0 Å². The summed E-state index contributed by atoms with van der Waals surface area (Å²) >= 11 is 0. The third-order valence-electron chi connectivity index (χ3n) is 3.15. The molecule has 2 amide bonds. The van der Waals surface area contributed by atoms with Crippen molar-refractivity contribution in [3.8, 4) is 0 Å². The second-order valence-electron chi connectivity index (χ2n) is 6.35. The summed E-state index contributed by atoms with van der Waals surface area (Å²) in [5.74, 6) is -0.239. The van der Waals surface area contributed by atoms with Gasteiger partial charge in [0, 0.05) is 18.3 Å². The standard InChI is InChI=1S/C17H23N3O3/c1-17(2,3)23-16(22)20-11-15(21)19-8-6-12-4-5-13-7-9-18-14(13)10-12/h4-5,7,9-10,18H,6,8,11H2,1-3H3,(H,19,21)(H,20,22). The average molecular weight is 317 g/mol. The zero-order valence-corrected chi connectivity index (χ0v) is 13.7. The predicted molar refractivity (Wildman–Crippen MR) is 89.2 cm³/mol. The summed E-state index contributed by atoms with van der Waals surface area (Å²) in [6, 6.07) is 8.18. The molecule has 0 radical (unpaired) electrons. The predicted octanol–water partition coefficient (Wildman–Crippen LogP) is 2.35. The number of ether oxygens (including phenoxy) is 1. The molecule has 0 aliphatic carbocycles. The summed E-state index contributed by atoms with van der Waals surface area (Å²) < 4.78 is 5.06. The molecule has 0 bridgehead atoms. The number of amides is 2. The zero-order chi connectivity index (χ0) is 16.9. The van der Waals surface area contributed by atoms with E-state index in [1.807, 2.05) is 24.4 Å². The van der Waals surface area contributed by atoms with E-state index in [0.717, 1.165) is 17.5 Å². The van der Waals surface area contributed by atoms with Crippen molar-refractivity contribution in [3.05, 3.63) is 36.0 Å². The van der Waals surface area contributed by atoms with Crippen LogP contribution in [-0.2, 0) is 16.0 Å². The van der Waals surface area contributed by atoms with Crippen molar-refractivity contribution < 1.29 is 14.3 Å². The molecule has 0 saturated heterocycles. The fraction of sp³-hybridized carbons (Fsp3) is 0.412. The molecule has 1 aromatic carbocycles. The van der Waals surface area contributed by atoms with Gasteiger partial charge in [-0.05, 0) is 50.3 Å². The number of aromatic nitrogens is 1. The number of fused-ring (bicyclic) bond motifs is 1. The molecule has 0 saturated carbocycles. The van der Waals surface area contributed by atoms with E-state index in [4.69, 9.17) is 4.74 Å². The van der Waals surface area contributed by atoms with Gasteiger partial charge in [0.1, 0.15) is 5.60 Å². The number of aromatic amines is 1. The molecule has 23 heavy (non-hydrogen) atoms. The number of alkyl carbamates (subject to hydrolysis) is 1. The number of carbonyl (C=O) groups excluding carboxylic acids is 2. The zero-order valence-electron chi connectivity index (χ0n) is 13.7. The van der Waals surface area contributed by atoms with Crippen molar-refractivity contribution >= 4 is 22.9 Å². The third-order valence-corrected chi connectivity index (χ3v) is 3.15. The van der Waals surface area contributed by atoms with E-state index in [9.17, 15) is 9.59 Å². The number of benzene rings is 1. The lowest BCUT2D eigenvalue weighted by Crippen LogP contribution is -2.40. The first-order chi connectivity index (χ1) is 10.8. The van der Waals surface area contributed by atoms with Gasteiger partial charge in [-0.15, -0.1) is 0 Å². The first-order valence-electron chi connectivity index (χ1n) is 7.63. The summed E-state index contributed by atoms with van der Waals surface area (Å²) in [6.45, 7) is 5.74. The highest BCUT2D eigenvalue weighted by Crippen LogP contribution is 2.14. The lowest BCUT2D eigenvalue weighted by atomic mass is 10.1. The first-order valence-corrected chi connectivity index (χ1v) is 7.63. The highest BCUT2D eigenvalue weighted by atomic mass is 16.6. The SMILES string of the molecule is CC(C)(C)OC(=O)NCC(=O)NCCc1ccc2cc[nH]c2c1. The lowest BCUT2D eigenvalue weighted by molar-refractivity contribution is -0.120. The Kier molecular flexibility index (Phi) is 5.26. The summed E-state index contributed by atoms with van der Waals surface area (Å²) in [5.41, 5.74) is 1.65. The van der Waals surface area contributed by atoms with E-state index in [1.165, 1.54) is 5.39 Å². The minimum atomic E-state index is -0.593. The molecule has 6 nitrogen and oxygen atoms in total. The molecule has 0 fully saturated rings. The average Bonchev–Trinajstić information content (AvgIpc) is 2.91. The Bertz CT molecular complexity index is 686. The Labute approximate surface area is 135 Å². The van der Waals surface area contributed by atoms with Gasteiger partial charge in [-0.2, -0.15) is 0 Å². The van der Waals surface area contributed by atoms with Crippen LogP contribution in [0.1, 0.15) is 26.3 Å². The smallest absolute Gasteiger partial charge is 0.408 e. The van der Waals surface area contributed by atoms with Gasteiger partial charge in [0.15, 0.2) is 0 Å². The Morgan fingerprint density at radius 1 is 1.17 bits per heavy atom. The van der Waals surface area contributed by atoms with Crippen LogP contribution in [0, 0.1) is 0 Å². The molecule has 0 aliphatic rings. The van der Waals surface area contributed by atoms with E-state index in [2.05, 4.69) is 21.7 Å². The van der Waals surface area contributed by atoms with Gasteiger partial charge >= 0.3 is 6.09 Å². The van der Waals surface area contributed by atoms with Crippen molar-refractivity contribution in [1.82, 2.24) is 15.6 Å². The summed E-state index contributed by atoms with van der Waals surface area (Å²) in [7, 11) is 0. The van der Waals surface area contributed by atoms with E-state index in [-0.39, 0.29) is 12.5 Å². The first kappa shape index (κ1) is 16.9. The molecule has 3 N–H and O–H groups in total. The van der Waals surface area contributed by atoms with Gasteiger partial charge in [-0.1, -0.05) is 12.1 Å². The number of hydrogen-bond acceptors (Lipinski definition) is 3. The Balaban J connectivity index is 1.69. The van der Waals surface area contributed by atoms with Crippen LogP contribution in [0.25, 0.3) is 10.9 Å². The number of rotatable bonds is 5.